The van der Waals surface area contributed by atoms with Gasteiger partial charge in [-0.1, -0.05) is 23.3 Å². The first-order valence-electron chi connectivity index (χ1n) is 4.56. The third-order valence-corrected chi connectivity index (χ3v) is 1.85. The summed E-state index contributed by atoms with van der Waals surface area (Å²) >= 11 is 0. The van der Waals surface area contributed by atoms with E-state index < -0.39 is 11.8 Å². The van der Waals surface area contributed by atoms with Gasteiger partial charge in [0.05, 0.1) is 5.69 Å². The van der Waals surface area contributed by atoms with Crippen molar-refractivity contribution in [3.63, 3.8) is 0 Å². The minimum absolute atomic E-state index is 0.370. The van der Waals surface area contributed by atoms with Gasteiger partial charge in [0.1, 0.15) is 6.54 Å². The molecule has 0 bridgehead atoms. The van der Waals surface area contributed by atoms with E-state index in [4.69, 9.17) is 5.53 Å². The Kier molecular flexibility index (Phi) is 4.06. The molecular weight excluding hydrogens is 208 g/mol. The van der Waals surface area contributed by atoms with Crippen LogP contribution in [0.2, 0.25) is 0 Å². The van der Waals surface area contributed by atoms with Gasteiger partial charge in [0, 0.05) is 11.8 Å². The summed E-state index contributed by atoms with van der Waals surface area (Å²) in [5.41, 5.74) is 8.57. The summed E-state index contributed by atoms with van der Waals surface area (Å²) in [5, 5.41) is 3.14. The standard InChI is InChI=1S/C10H10N4O2/c1-8(15)14(10(16)7-12-13-11)9-5-3-2-4-6-9/h2-6H,7H2,1H3. The Morgan fingerprint density at radius 2 is 2.00 bits per heavy atom. The van der Waals surface area contributed by atoms with Crippen molar-refractivity contribution >= 4 is 17.5 Å². The van der Waals surface area contributed by atoms with Crippen LogP contribution in [0, 0.1) is 0 Å². The molecule has 0 fully saturated rings. The van der Waals surface area contributed by atoms with Crippen LogP contribution >= 0.6 is 0 Å². The van der Waals surface area contributed by atoms with E-state index in [2.05, 4.69) is 10.0 Å². The van der Waals surface area contributed by atoms with Crippen molar-refractivity contribution in [1.29, 1.82) is 0 Å². The highest BCUT2D eigenvalue weighted by atomic mass is 16.2. The topological polar surface area (TPSA) is 86.1 Å². The molecule has 1 rings (SSSR count). The zero-order valence-electron chi connectivity index (χ0n) is 8.70. The monoisotopic (exact) mass is 218 g/mol. The molecule has 0 radical (unpaired) electrons. The van der Waals surface area contributed by atoms with Gasteiger partial charge in [-0.15, -0.1) is 0 Å². The molecule has 0 atom stereocenters. The maximum atomic E-state index is 11.6. The minimum Gasteiger partial charge on any atom is -0.274 e. The first-order chi connectivity index (χ1) is 7.66. The quantitative estimate of drug-likeness (QED) is 0.440. The Bertz CT molecular complexity index is 437. The fourth-order valence-corrected chi connectivity index (χ4v) is 1.24. The molecule has 6 heteroatoms. The normalized spacial score (nSPS) is 9.06. The summed E-state index contributed by atoms with van der Waals surface area (Å²) in [5.74, 6) is -0.958. The number of carbonyl (C=O) groups is 2. The third-order valence-electron chi connectivity index (χ3n) is 1.85. The SMILES string of the molecule is CC(=O)N(C(=O)CN=[N+]=[N-])c1ccccc1. The van der Waals surface area contributed by atoms with Crippen molar-refractivity contribution in [2.24, 2.45) is 5.11 Å². The molecule has 1 aromatic rings. The molecule has 0 heterocycles. The van der Waals surface area contributed by atoms with Crippen molar-refractivity contribution < 1.29 is 9.59 Å². The number of hydrogen-bond donors (Lipinski definition) is 0. The number of benzene rings is 1. The molecule has 0 aliphatic heterocycles. The first kappa shape index (κ1) is 11.7. The van der Waals surface area contributed by atoms with Gasteiger partial charge in [0.15, 0.2) is 0 Å². The lowest BCUT2D eigenvalue weighted by Crippen LogP contribution is -2.36. The number of anilines is 1. The van der Waals surface area contributed by atoms with E-state index in [1.807, 2.05) is 0 Å². The van der Waals surface area contributed by atoms with Gasteiger partial charge in [-0.05, 0) is 17.7 Å². The molecule has 0 N–H and O–H groups in total. The van der Waals surface area contributed by atoms with E-state index in [0.717, 1.165) is 4.90 Å². The lowest BCUT2D eigenvalue weighted by molar-refractivity contribution is -0.124. The molecule has 0 aromatic heterocycles. The fraction of sp³-hybridized carbons (Fsp3) is 0.200. The molecule has 6 nitrogen and oxygen atoms in total. The smallest absolute Gasteiger partial charge is 0.239 e. The van der Waals surface area contributed by atoms with Crippen LogP contribution in [0.15, 0.2) is 35.4 Å². The predicted octanol–water partition coefficient (Wildman–Crippen LogP) is 1.88. The van der Waals surface area contributed by atoms with Crippen molar-refractivity contribution in [2.45, 2.75) is 6.92 Å². The van der Waals surface area contributed by atoms with E-state index in [1.54, 1.807) is 30.3 Å². The number of imide groups is 1. The van der Waals surface area contributed by atoms with Gasteiger partial charge in [0.25, 0.3) is 0 Å². The maximum absolute atomic E-state index is 11.6. The average molecular weight is 218 g/mol. The van der Waals surface area contributed by atoms with E-state index in [-0.39, 0.29) is 6.54 Å². The second kappa shape index (κ2) is 5.53. The summed E-state index contributed by atoms with van der Waals surface area (Å²) in [7, 11) is 0. The Labute approximate surface area is 92.1 Å². The van der Waals surface area contributed by atoms with Crippen LogP contribution in [0.25, 0.3) is 10.4 Å². The second-order valence-electron chi connectivity index (χ2n) is 2.97. The molecule has 0 spiro atoms. The lowest BCUT2D eigenvalue weighted by atomic mass is 10.3. The number of carbonyl (C=O) groups excluding carboxylic acids is 2. The van der Waals surface area contributed by atoms with Crippen LogP contribution in [0.5, 0.6) is 0 Å². The Balaban J connectivity index is 2.96. The van der Waals surface area contributed by atoms with Crippen molar-refractivity contribution in [2.75, 3.05) is 11.4 Å². The molecular formula is C10H10N4O2. The number of amides is 2. The Morgan fingerprint density at radius 1 is 1.38 bits per heavy atom. The summed E-state index contributed by atoms with van der Waals surface area (Å²) < 4.78 is 0. The Hall–Kier alpha value is -2.33. The fourth-order valence-electron chi connectivity index (χ4n) is 1.24. The summed E-state index contributed by atoms with van der Waals surface area (Å²) in [6, 6.07) is 8.47. The van der Waals surface area contributed by atoms with Crippen molar-refractivity contribution in [3.05, 3.63) is 40.8 Å². The molecule has 1 aromatic carbocycles. The zero-order valence-corrected chi connectivity index (χ0v) is 8.70. The highest BCUT2D eigenvalue weighted by Crippen LogP contribution is 2.13. The van der Waals surface area contributed by atoms with Crippen LogP contribution in [-0.4, -0.2) is 18.4 Å². The predicted molar refractivity (Wildman–Crippen MR) is 58.6 cm³/mol. The maximum Gasteiger partial charge on any atom is 0.239 e. The summed E-state index contributed by atoms with van der Waals surface area (Å²) in [4.78, 5) is 26.4. The van der Waals surface area contributed by atoms with Crippen molar-refractivity contribution in [1.82, 2.24) is 0 Å². The molecule has 0 saturated heterocycles. The minimum atomic E-state index is -0.545. The summed E-state index contributed by atoms with van der Waals surface area (Å²) in [6.45, 7) is 0.909. The van der Waals surface area contributed by atoms with E-state index >= 15 is 0 Å². The highest BCUT2D eigenvalue weighted by molar-refractivity contribution is 6.14. The Morgan fingerprint density at radius 3 is 2.50 bits per heavy atom. The van der Waals surface area contributed by atoms with Crippen LogP contribution in [0.4, 0.5) is 5.69 Å². The number of para-hydroxylation sites is 1. The first-order valence-corrected chi connectivity index (χ1v) is 4.56. The van der Waals surface area contributed by atoms with E-state index in [1.165, 1.54) is 6.92 Å². The van der Waals surface area contributed by atoms with Gasteiger partial charge in [-0.2, -0.15) is 0 Å². The second-order valence-corrected chi connectivity index (χ2v) is 2.97. The van der Waals surface area contributed by atoms with Gasteiger partial charge < -0.3 is 0 Å². The largest absolute Gasteiger partial charge is 0.274 e. The van der Waals surface area contributed by atoms with Crippen molar-refractivity contribution in [3.8, 4) is 0 Å². The molecule has 82 valence electrons. The molecule has 0 saturated carbocycles. The van der Waals surface area contributed by atoms with Gasteiger partial charge in [-0.25, -0.2) is 0 Å². The molecule has 0 aliphatic carbocycles. The zero-order chi connectivity index (χ0) is 12.0. The molecule has 2 amide bonds. The highest BCUT2D eigenvalue weighted by Gasteiger charge is 2.18. The molecule has 0 aliphatic rings. The molecule has 0 unspecified atom stereocenters. The molecule has 16 heavy (non-hydrogen) atoms. The number of nitrogens with zero attached hydrogens (tertiary/aromatic N) is 4. The third kappa shape index (κ3) is 2.83. The van der Waals surface area contributed by atoms with Crippen LogP contribution in [0.1, 0.15) is 6.92 Å². The average Bonchev–Trinajstić information content (AvgIpc) is 2.27. The number of azide groups is 1. The van der Waals surface area contributed by atoms with E-state index in [9.17, 15) is 9.59 Å². The van der Waals surface area contributed by atoms with Gasteiger partial charge >= 0.3 is 0 Å². The van der Waals surface area contributed by atoms with Crippen LogP contribution in [-0.2, 0) is 9.59 Å². The lowest BCUT2D eigenvalue weighted by Gasteiger charge is -2.17. The van der Waals surface area contributed by atoms with E-state index in [0.29, 0.717) is 5.69 Å². The van der Waals surface area contributed by atoms with Crippen LogP contribution in [0.3, 0.4) is 0 Å². The van der Waals surface area contributed by atoms with Gasteiger partial charge in [-0.3, -0.25) is 14.5 Å². The summed E-state index contributed by atoms with van der Waals surface area (Å²) in [6.07, 6.45) is 0. The number of rotatable bonds is 3. The van der Waals surface area contributed by atoms with Gasteiger partial charge in [0.2, 0.25) is 11.8 Å². The number of hydrogen-bond acceptors (Lipinski definition) is 3. The van der Waals surface area contributed by atoms with Crippen LogP contribution < -0.4 is 4.90 Å².